The summed E-state index contributed by atoms with van der Waals surface area (Å²) in [7, 11) is 0. The fraction of sp³-hybridized carbons (Fsp3) is 0.312. The van der Waals surface area contributed by atoms with Crippen molar-refractivity contribution in [2.24, 2.45) is 0 Å². The predicted octanol–water partition coefficient (Wildman–Crippen LogP) is 4.22. The summed E-state index contributed by atoms with van der Waals surface area (Å²) in [6.45, 7) is 2.89. The molecule has 0 spiro atoms. The van der Waals surface area contributed by atoms with Gasteiger partial charge in [-0.1, -0.05) is 28.1 Å². The van der Waals surface area contributed by atoms with Crippen molar-refractivity contribution in [1.29, 1.82) is 0 Å². The van der Waals surface area contributed by atoms with E-state index in [2.05, 4.69) is 51.7 Å². The van der Waals surface area contributed by atoms with Gasteiger partial charge in [-0.25, -0.2) is 0 Å². The number of rotatable bonds is 2. The minimum absolute atomic E-state index is 0.0574. The molecule has 1 N–H and O–H groups in total. The molecule has 1 aromatic carbocycles. The van der Waals surface area contributed by atoms with Gasteiger partial charge in [0.15, 0.2) is 0 Å². The number of benzene rings is 1. The quantitative estimate of drug-likeness (QED) is 0.808. The Kier molecular flexibility index (Phi) is 3.94. The van der Waals surface area contributed by atoms with Crippen LogP contribution in [0.3, 0.4) is 0 Å². The first-order chi connectivity index (χ1) is 9.66. The van der Waals surface area contributed by atoms with E-state index in [-0.39, 0.29) is 10.7 Å². The maximum Gasteiger partial charge on any atom is 0.251 e. The van der Waals surface area contributed by atoms with E-state index in [9.17, 15) is 4.79 Å². The van der Waals surface area contributed by atoms with Crippen LogP contribution >= 0.6 is 27.3 Å². The third-order valence-electron chi connectivity index (χ3n) is 3.71. The van der Waals surface area contributed by atoms with Gasteiger partial charge in [-0.2, -0.15) is 0 Å². The van der Waals surface area contributed by atoms with Crippen LogP contribution in [0.5, 0.6) is 0 Å². The van der Waals surface area contributed by atoms with Crippen LogP contribution < -0.4 is 5.32 Å². The summed E-state index contributed by atoms with van der Waals surface area (Å²) in [5.41, 5.74) is 4.42. The van der Waals surface area contributed by atoms with Gasteiger partial charge in [0.1, 0.15) is 0 Å². The molecule has 0 saturated carbocycles. The van der Waals surface area contributed by atoms with E-state index < -0.39 is 0 Å². The van der Waals surface area contributed by atoms with Crippen molar-refractivity contribution in [1.82, 2.24) is 5.32 Å². The highest BCUT2D eigenvalue weighted by atomic mass is 79.9. The number of thiophene rings is 1. The van der Waals surface area contributed by atoms with E-state index >= 15 is 0 Å². The molecule has 20 heavy (non-hydrogen) atoms. The van der Waals surface area contributed by atoms with Crippen LogP contribution in [0.4, 0.5) is 0 Å². The summed E-state index contributed by atoms with van der Waals surface area (Å²) in [4.78, 5) is 13.6. The van der Waals surface area contributed by atoms with Crippen molar-refractivity contribution in [3.63, 3.8) is 0 Å². The van der Waals surface area contributed by atoms with Crippen molar-refractivity contribution in [3.05, 3.63) is 56.8 Å². The summed E-state index contributed by atoms with van der Waals surface area (Å²) < 4.78 is 0. The third-order valence-corrected chi connectivity index (χ3v) is 6.08. The molecule has 1 atom stereocenters. The summed E-state index contributed by atoms with van der Waals surface area (Å²) in [5.74, 6) is 0.0574. The van der Waals surface area contributed by atoms with Gasteiger partial charge in [-0.3, -0.25) is 4.79 Å². The van der Waals surface area contributed by atoms with E-state index in [0.29, 0.717) is 0 Å². The van der Waals surface area contributed by atoms with Crippen LogP contribution in [-0.4, -0.2) is 12.5 Å². The van der Waals surface area contributed by atoms with Crippen molar-refractivity contribution < 1.29 is 4.79 Å². The normalized spacial score (nSPS) is 16.2. The second kappa shape index (κ2) is 5.70. The molecule has 0 saturated heterocycles. The second-order valence-electron chi connectivity index (χ2n) is 5.11. The Hall–Kier alpha value is -1.13. The Balaban J connectivity index is 2.00. The topological polar surface area (TPSA) is 29.1 Å². The highest BCUT2D eigenvalue weighted by Gasteiger charge is 2.19. The SMILES string of the molecule is Cc1ccsc1C(Br)c1ccc2c(c1)C(=O)NCCC2. The van der Waals surface area contributed by atoms with E-state index in [4.69, 9.17) is 0 Å². The molecule has 0 radical (unpaired) electrons. The molecule has 4 heteroatoms. The Morgan fingerprint density at radius 1 is 1.35 bits per heavy atom. The number of halogens is 1. The zero-order chi connectivity index (χ0) is 14.1. The standard InChI is InChI=1S/C16H16BrNOS/c1-10-6-8-20-15(10)14(17)12-5-4-11-3-2-7-18-16(19)13(11)9-12/h4-6,8-9,14H,2-3,7H2,1H3,(H,18,19). The first-order valence-electron chi connectivity index (χ1n) is 6.76. The van der Waals surface area contributed by atoms with Crippen molar-refractivity contribution in [2.75, 3.05) is 6.54 Å². The lowest BCUT2D eigenvalue weighted by Gasteiger charge is -2.13. The minimum Gasteiger partial charge on any atom is -0.352 e. The Morgan fingerprint density at radius 3 is 2.95 bits per heavy atom. The van der Waals surface area contributed by atoms with Crippen LogP contribution in [0.2, 0.25) is 0 Å². The number of fused-ring (bicyclic) bond motifs is 1. The molecule has 2 nitrogen and oxygen atoms in total. The molecule has 1 aliphatic rings. The van der Waals surface area contributed by atoms with E-state index in [1.165, 1.54) is 10.4 Å². The Morgan fingerprint density at radius 2 is 2.20 bits per heavy atom. The zero-order valence-corrected chi connectivity index (χ0v) is 13.7. The minimum atomic E-state index is 0.0574. The van der Waals surface area contributed by atoms with Crippen LogP contribution in [-0.2, 0) is 6.42 Å². The van der Waals surface area contributed by atoms with E-state index in [1.54, 1.807) is 11.3 Å². The first kappa shape index (κ1) is 13.8. The summed E-state index contributed by atoms with van der Waals surface area (Å²) in [5, 5.41) is 5.07. The molecule has 2 heterocycles. The maximum absolute atomic E-state index is 12.1. The number of nitrogens with one attached hydrogen (secondary N) is 1. The average Bonchev–Trinajstić information content (AvgIpc) is 2.79. The van der Waals surface area contributed by atoms with E-state index in [0.717, 1.165) is 36.1 Å². The summed E-state index contributed by atoms with van der Waals surface area (Å²) in [6.07, 6.45) is 1.99. The van der Waals surface area contributed by atoms with Crippen LogP contribution in [0.25, 0.3) is 0 Å². The second-order valence-corrected chi connectivity index (χ2v) is 6.97. The molecule has 3 rings (SSSR count). The highest BCUT2D eigenvalue weighted by Crippen LogP contribution is 2.37. The number of hydrogen-bond acceptors (Lipinski definition) is 2. The summed E-state index contributed by atoms with van der Waals surface area (Å²) >= 11 is 5.52. The number of carbonyl (C=O) groups is 1. The molecular weight excluding hydrogens is 334 g/mol. The van der Waals surface area contributed by atoms with Crippen molar-refractivity contribution in [2.45, 2.75) is 24.6 Å². The third kappa shape index (κ3) is 2.54. The first-order valence-corrected chi connectivity index (χ1v) is 8.55. The van der Waals surface area contributed by atoms with Gasteiger partial charge in [0, 0.05) is 17.0 Å². The summed E-state index contributed by atoms with van der Waals surface area (Å²) in [6, 6.07) is 8.40. The van der Waals surface area contributed by atoms with Crippen LogP contribution in [0.1, 0.15) is 43.2 Å². The fourth-order valence-electron chi connectivity index (χ4n) is 2.55. The lowest BCUT2D eigenvalue weighted by molar-refractivity contribution is 0.0956. The fourth-order valence-corrected chi connectivity index (χ4v) is 4.45. The molecule has 2 aromatic rings. The average molecular weight is 350 g/mol. The van der Waals surface area contributed by atoms with Crippen LogP contribution in [0, 0.1) is 6.92 Å². The molecular formula is C16H16BrNOS. The number of hydrogen-bond donors (Lipinski definition) is 1. The van der Waals surface area contributed by atoms with Gasteiger partial charge in [0.25, 0.3) is 5.91 Å². The number of carbonyl (C=O) groups excluding carboxylic acids is 1. The van der Waals surface area contributed by atoms with E-state index in [1.807, 2.05) is 6.07 Å². The Labute approximate surface area is 131 Å². The molecule has 0 bridgehead atoms. The molecule has 104 valence electrons. The van der Waals surface area contributed by atoms with Gasteiger partial charge < -0.3 is 5.32 Å². The molecule has 1 aromatic heterocycles. The number of alkyl halides is 1. The smallest absolute Gasteiger partial charge is 0.251 e. The zero-order valence-electron chi connectivity index (χ0n) is 11.3. The molecule has 1 aliphatic heterocycles. The van der Waals surface area contributed by atoms with Gasteiger partial charge >= 0.3 is 0 Å². The lowest BCUT2D eigenvalue weighted by atomic mass is 9.98. The number of amides is 1. The largest absolute Gasteiger partial charge is 0.352 e. The van der Waals surface area contributed by atoms with Crippen molar-refractivity contribution >= 4 is 33.2 Å². The van der Waals surface area contributed by atoms with Gasteiger partial charge in [-0.05, 0) is 54.0 Å². The lowest BCUT2D eigenvalue weighted by Crippen LogP contribution is -2.22. The van der Waals surface area contributed by atoms with Crippen molar-refractivity contribution in [3.8, 4) is 0 Å². The monoisotopic (exact) mass is 349 g/mol. The molecule has 0 aliphatic carbocycles. The number of aryl methyl sites for hydroxylation is 2. The Bertz CT molecular complexity index is 650. The van der Waals surface area contributed by atoms with Gasteiger partial charge in [0.05, 0.1) is 4.83 Å². The highest BCUT2D eigenvalue weighted by molar-refractivity contribution is 9.09. The molecule has 0 fully saturated rings. The molecule has 1 unspecified atom stereocenters. The predicted molar refractivity (Wildman–Crippen MR) is 86.9 cm³/mol. The van der Waals surface area contributed by atoms with Gasteiger partial charge in [-0.15, -0.1) is 11.3 Å². The van der Waals surface area contributed by atoms with Gasteiger partial charge in [0.2, 0.25) is 0 Å². The van der Waals surface area contributed by atoms with Crippen LogP contribution in [0.15, 0.2) is 29.6 Å². The molecule has 1 amide bonds. The maximum atomic E-state index is 12.1.